The molecule has 1 rings (SSSR count). The average Bonchev–Trinajstić information content (AvgIpc) is 2.43. The van der Waals surface area contributed by atoms with E-state index in [0.29, 0.717) is 12.6 Å². The summed E-state index contributed by atoms with van der Waals surface area (Å²) in [5.74, 6) is -2.88. The molecule has 0 aliphatic heterocycles. The lowest BCUT2D eigenvalue weighted by Crippen LogP contribution is -2.32. The first-order chi connectivity index (χ1) is 9.77. The molecule has 114 valence electrons. The standard InChI is InChI=1S/C12H14FN3O5/c1-3-15(2)11(17)6-14-9-4-7(12(18)19)10(16(20)21)5-8(9)13/h4-5,14H,3,6H2,1-2H3,(H,18,19). The molecule has 0 spiro atoms. The summed E-state index contributed by atoms with van der Waals surface area (Å²) in [7, 11) is 1.55. The minimum Gasteiger partial charge on any atom is -0.477 e. The number of carboxylic acid groups (broad SMARTS) is 1. The lowest BCUT2D eigenvalue weighted by Gasteiger charge is -2.15. The molecule has 9 heteroatoms. The molecule has 2 N–H and O–H groups in total. The van der Waals surface area contributed by atoms with Crippen LogP contribution >= 0.6 is 0 Å². The monoisotopic (exact) mass is 299 g/mol. The van der Waals surface area contributed by atoms with Gasteiger partial charge in [-0.1, -0.05) is 0 Å². The number of nitro benzene ring substituents is 1. The van der Waals surface area contributed by atoms with Gasteiger partial charge in [-0.3, -0.25) is 14.9 Å². The Bertz CT molecular complexity index is 591. The number of hydrogen-bond acceptors (Lipinski definition) is 5. The van der Waals surface area contributed by atoms with E-state index in [-0.39, 0.29) is 18.1 Å². The van der Waals surface area contributed by atoms with Crippen LogP contribution in [0, 0.1) is 15.9 Å². The van der Waals surface area contributed by atoms with Crippen molar-refractivity contribution in [3.63, 3.8) is 0 Å². The van der Waals surface area contributed by atoms with E-state index >= 15 is 0 Å². The van der Waals surface area contributed by atoms with Gasteiger partial charge in [-0.25, -0.2) is 9.18 Å². The summed E-state index contributed by atoms with van der Waals surface area (Å²) in [4.78, 5) is 33.6. The smallest absolute Gasteiger partial charge is 0.342 e. The number of anilines is 1. The number of benzene rings is 1. The number of halogens is 1. The molecule has 0 saturated heterocycles. The van der Waals surface area contributed by atoms with Gasteiger partial charge in [0.25, 0.3) is 5.69 Å². The van der Waals surface area contributed by atoms with E-state index < -0.39 is 28.0 Å². The highest BCUT2D eigenvalue weighted by Crippen LogP contribution is 2.26. The second kappa shape index (κ2) is 6.64. The Kier molecular flexibility index (Phi) is 5.17. The van der Waals surface area contributed by atoms with Gasteiger partial charge in [-0.2, -0.15) is 0 Å². The van der Waals surface area contributed by atoms with Crippen molar-refractivity contribution in [3.8, 4) is 0 Å². The molecular formula is C12H14FN3O5. The number of nitrogens with one attached hydrogen (secondary N) is 1. The lowest BCUT2D eigenvalue weighted by atomic mass is 10.1. The van der Waals surface area contributed by atoms with Gasteiger partial charge in [0.15, 0.2) is 5.82 Å². The molecule has 0 bridgehead atoms. The second-order valence-electron chi connectivity index (χ2n) is 4.17. The Balaban J connectivity index is 3.04. The average molecular weight is 299 g/mol. The van der Waals surface area contributed by atoms with Crippen LogP contribution in [0.2, 0.25) is 0 Å². The van der Waals surface area contributed by atoms with Crippen LogP contribution in [-0.2, 0) is 4.79 Å². The van der Waals surface area contributed by atoms with Crippen LogP contribution in [0.4, 0.5) is 15.8 Å². The molecule has 0 fully saturated rings. The number of nitro groups is 1. The van der Waals surface area contributed by atoms with Gasteiger partial charge in [-0.05, 0) is 13.0 Å². The number of nitrogens with zero attached hydrogens (tertiary/aromatic N) is 2. The number of carbonyl (C=O) groups is 2. The molecule has 21 heavy (non-hydrogen) atoms. The number of hydrogen-bond donors (Lipinski definition) is 2. The molecule has 0 aliphatic rings. The number of rotatable bonds is 6. The first-order valence-electron chi connectivity index (χ1n) is 5.97. The van der Waals surface area contributed by atoms with E-state index in [1.165, 1.54) is 4.90 Å². The van der Waals surface area contributed by atoms with Gasteiger partial charge < -0.3 is 15.3 Å². The van der Waals surface area contributed by atoms with E-state index in [9.17, 15) is 24.1 Å². The van der Waals surface area contributed by atoms with E-state index in [4.69, 9.17) is 5.11 Å². The van der Waals surface area contributed by atoms with Crippen molar-refractivity contribution in [2.75, 3.05) is 25.5 Å². The molecule has 1 aromatic rings. The molecule has 0 unspecified atom stereocenters. The van der Waals surface area contributed by atoms with Crippen LogP contribution in [-0.4, -0.2) is 46.9 Å². The molecular weight excluding hydrogens is 285 g/mol. The normalized spacial score (nSPS) is 10.0. The number of likely N-dealkylation sites (N-methyl/N-ethyl adjacent to an activating group) is 1. The van der Waals surface area contributed by atoms with Crippen molar-refractivity contribution < 1.29 is 24.0 Å². The van der Waals surface area contributed by atoms with Gasteiger partial charge in [0.05, 0.1) is 23.2 Å². The third-order valence-corrected chi connectivity index (χ3v) is 2.84. The highest BCUT2D eigenvalue weighted by Gasteiger charge is 2.23. The van der Waals surface area contributed by atoms with Crippen molar-refractivity contribution in [2.24, 2.45) is 0 Å². The van der Waals surface area contributed by atoms with Crippen molar-refractivity contribution in [1.29, 1.82) is 0 Å². The largest absolute Gasteiger partial charge is 0.477 e. The van der Waals surface area contributed by atoms with Crippen LogP contribution in [0.25, 0.3) is 0 Å². The van der Waals surface area contributed by atoms with Crippen LogP contribution in [0.3, 0.4) is 0 Å². The molecule has 0 saturated carbocycles. The number of amides is 1. The lowest BCUT2D eigenvalue weighted by molar-refractivity contribution is -0.385. The number of aromatic carboxylic acids is 1. The highest BCUT2D eigenvalue weighted by atomic mass is 19.1. The topological polar surface area (TPSA) is 113 Å². The van der Waals surface area contributed by atoms with Gasteiger partial charge in [-0.15, -0.1) is 0 Å². The van der Waals surface area contributed by atoms with E-state index in [2.05, 4.69) is 5.32 Å². The zero-order valence-electron chi connectivity index (χ0n) is 11.4. The van der Waals surface area contributed by atoms with E-state index in [0.717, 1.165) is 6.07 Å². The highest BCUT2D eigenvalue weighted by molar-refractivity contribution is 5.94. The molecule has 0 aromatic heterocycles. The fourth-order valence-corrected chi connectivity index (χ4v) is 1.50. The summed E-state index contributed by atoms with van der Waals surface area (Å²) in [6, 6.07) is 1.31. The number of carboxylic acids is 1. The summed E-state index contributed by atoms with van der Waals surface area (Å²) in [6.07, 6.45) is 0. The van der Waals surface area contributed by atoms with Gasteiger partial charge in [0.1, 0.15) is 5.56 Å². The van der Waals surface area contributed by atoms with Crippen molar-refractivity contribution in [1.82, 2.24) is 4.90 Å². The maximum Gasteiger partial charge on any atom is 0.342 e. The second-order valence-corrected chi connectivity index (χ2v) is 4.17. The predicted octanol–water partition coefficient (Wildman–Crippen LogP) is 1.32. The fraction of sp³-hybridized carbons (Fsp3) is 0.333. The molecule has 1 amide bonds. The van der Waals surface area contributed by atoms with Gasteiger partial charge in [0, 0.05) is 13.6 Å². The Morgan fingerprint density at radius 2 is 2.10 bits per heavy atom. The third kappa shape index (κ3) is 3.88. The zero-order chi connectivity index (χ0) is 16.2. The summed E-state index contributed by atoms with van der Waals surface area (Å²) >= 11 is 0. The van der Waals surface area contributed by atoms with Crippen molar-refractivity contribution >= 4 is 23.3 Å². The molecule has 0 aliphatic carbocycles. The molecule has 1 aromatic carbocycles. The summed E-state index contributed by atoms with van der Waals surface area (Å²) in [5, 5.41) is 22.0. The minimum absolute atomic E-state index is 0.252. The molecule has 0 atom stereocenters. The Labute approximate surface area is 119 Å². The summed E-state index contributed by atoms with van der Waals surface area (Å²) < 4.78 is 13.7. The van der Waals surface area contributed by atoms with Crippen molar-refractivity contribution in [3.05, 3.63) is 33.6 Å². The molecule has 8 nitrogen and oxygen atoms in total. The van der Waals surface area contributed by atoms with E-state index in [1.807, 2.05) is 0 Å². The third-order valence-electron chi connectivity index (χ3n) is 2.84. The Morgan fingerprint density at radius 3 is 2.57 bits per heavy atom. The zero-order valence-corrected chi connectivity index (χ0v) is 11.4. The first-order valence-corrected chi connectivity index (χ1v) is 5.97. The van der Waals surface area contributed by atoms with Crippen LogP contribution < -0.4 is 5.32 Å². The summed E-state index contributed by atoms with van der Waals surface area (Å²) in [5.41, 5.74) is -1.78. The number of carbonyl (C=O) groups excluding carboxylic acids is 1. The Morgan fingerprint density at radius 1 is 1.48 bits per heavy atom. The Hall–Kier alpha value is -2.71. The fourth-order valence-electron chi connectivity index (χ4n) is 1.50. The van der Waals surface area contributed by atoms with E-state index in [1.54, 1.807) is 14.0 Å². The maximum atomic E-state index is 13.7. The minimum atomic E-state index is -1.55. The molecule has 0 heterocycles. The van der Waals surface area contributed by atoms with Gasteiger partial charge in [0.2, 0.25) is 5.91 Å². The van der Waals surface area contributed by atoms with Crippen LogP contribution in [0.1, 0.15) is 17.3 Å². The predicted molar refractivity (Wildman–Crippen MR) is 71.8 cm³/mol. The molecule has 0 radical (unpaired) electrons. The van der Waals surface area contributed by atoms with Gasteiger partial charge >= 0.3 is 5.97 Å². The first kappa shape index (κ1) is 16.3. The van der Waals surface area contributed by atoms with Crippen molar-refractivity contribution in [2.45, 2.75) is 6.92 Å². The van der Waals surface area contributed by atoms with Crippen LogP contribution in [0.15, 0.2) is 12.1 Å². The quantitative estimate of drug-likeness (QED) is 0.605. The van der Waals surface area contributed by atoms with Crippen LogP contribution in [0.5, 0.6) is 0 Å². The maximum absolute atomic E-state index is 13.7. The SMILES string of the molecule is CCN(C)C(=O)CNc1cc(C(=O)O)c([N+](=O)[O-])cc1F. The summed E-state index contributed by atoms with van der Waals surface area (Å²) in [6.45, 7) is 1.97.